The van der Waals surface area contributed by atoms with Gasteiger partial charge in [-0.2, -0.15) is 0 Å². The molecule has 0 unspecified atom stereocenters. The van der Waals surface area contributed by atoms with Crippen LogP contribution in [-0.4, -0.2) is 21.1 Å². The van der Waals surface area contributed by atoms with Crippen LogP contribution in [0.15, 0.2) is 36.4 Å². The molecule has 0 atom stereocenters. The normalized spacial score (nSPS) is 13.9. The first kappa shape index (κ1) is 13.1. The van der Waals surface area contributed by atoms with Gasteiger partial charge in [-0.1, -0.05) is 41.0 Å². The molecular formula is C17H21BN2. The SMILES string of the molecule is Cc1cc(C)c(B2N(C)c3ccccc3N2C)c(C)c1. The summed E-state index contributed by atoms with van der Waals surface area (Å²) in [6, 6.07) is 13.2. The molecule has 1 aliphatic heterocycles. The highest BCUT2D eigenvalue weighted by Gasteiger charge is 2.38. The Morgan fingerprint density at radius 1 is 0.800 bits per heavy atom. The summed E-state index contributed by atoms with van der Waals surface area (Å²) in [5, 5.41) is 0. The average molecular weight is 264 g/mol. The molecule has 3 heteroatoms. The monoisotopic (exact) mass is 264 g/mol. The Labute approximate surface area is 122 Å². The minimum absolute atomic E-state index is 0.285. The largest absolute Gasteiger partial charge is 0.411 e. The van der Waals surface area contributed by atoms with Crippen molar-refractivity contribution in [2.75, 3.05) is 23.7 Å². The van der Waals surface area contributed by atoms with Crippen LogP contribution in [0.2, 0.25) is 0 Å². The van der Waals surface area contributed by atoms with E-state index < -0.39 is 0 Å². The molecule has 0 amide bonds. The number of hydrogen-bond acceptors (Lipinski definition) is 2. The molecule has 2 aromatic carbocycles. The van der Waals surface area contributed by atoms with Gasteiger partial charge in [-0.25, -0.2) is 0 Å². The lowest BCUT2D eigenvalue weighted by Gasteiger charge is -2.27. The Balaban J connectivity index is 2.14. The fourth-order valence-electron chi connectivity index (χ4n) is 3.57. The van der Waals surface area contributed by atoms with Gasteiger partial charge in [-0.15, -0.1) is 0 Å². The molecule has 0 bridgehead atoms. The summed E-state index contributed by atoms with van der Waals surface area (Å²) in [6.45, 7) is 6.90. The first-order valence-corrected chi connectivity index (χ1v) is 7.13. The second-order valence-corrected chi connectivity index (χ2v) is 5.90. The van der Waals surface area contributed by atoms with Crippen LogP contribution in [0.5, 0.6) is 0 Å². The number of fused-ring (bicyclic) bond motifs is 1. The first-order chi connectivity index (χ1) is 9.50. The zero-order valence-corrected chi connectivity index (χ0v) is 12.9. The van der Waals surface area contributed by atoms with Crippen LogP contribution < -0.4 is 15.1 Å². The topological polar surface area (TPSA) is 6.48 Å². The minimum atomic E-state index is 0.285. The molecule has 0 fully saturated rings. The van der Waals surface area contributed by atoms with Gasteiger partial charge in [0, 0.05) is 11.4 Å². The molecule has 3 rings (SSSR count). The molecule has 2 nitrogen and oxygen atoms in total. The summed E-state index contributed by atoms with van der Waals surface area (Å²) < 4.78 is 0. The van der Waals surface area contributed by atoms with Gasteiger partial charge in [0.2, 0.25) is 0 Å². The van der Waals surface area contributed by atoms with E-state index in [1.807, 2.05) is 0 Å². The predicted molar refractivity (Wildman–Crippen MR) is 89.3 cm³/mol. The fourth-order valence-corrected chi connectivity index (χ4v) is 3.57. The number of para-hydroxylation sites is 2. The maximum atomic E-state index is 2.38. The molecule has 102 valence electrons. The molecule has 0 N–H and O–H groups in total. The molecule has 0 aliphatic carbocycles. The van der Waals surface area contributed by atoms with Crippen LogP contribution in [0.4, 0.5) is 11.4 Å². The number of rotatable bonds is 1. The van der Waals surface area contributed by atoms with E-state index in [2.05, 4.69) is 80.9 Å². The van der Waals surface area contributed by atoms with E-state index >= 15 is 0 Å². The highest BCUT2D eigenvalue weighted by Crippen LogP contribution is 2.35. The van der Waals surface area contributed by atoms with Crippen LogP contribution in [0.3, 0.4) is 0 Å². The lowest BCUT2D eigenvalue weighted by atomic mass is 9.62. The van der Waals surface area contributed by atoms with Crippen molar-refractivity contribution in [1.29, 1.82) is 0 Å². The van der Waals surface area contributed by atoms with Crippen LogP contribution in [0, 0.1) is 20.8 Å². The standard InChI is InChI=1S/C17H21BN2/c1-12-10-13(2)17(14(3)11-12)18-19(4)15-8-6-7-9-16(15)20(18)5/h6-11H,1-5H3. The fraction of sp³-hybridized carbons (Fsp3) is 0.294. The smallest absolute Gasteiger partial charge is 0.393 e. The summed E-state index contributed by atoms with van der Waals surface area (Å²) in [6.07, 6.45) is 0. The maximum Gasteiger partial charge on any atom is 0.411 e. The summed E-state index contributed by atoms with van der Waals surface area (Å²) in [5.74, 6) is 0. The second kappa shape index (κ2) is 4.59. The van der Waals surface area contributed by atoms with E-state index in [-0.39, 0.29) is 6.98 Å². The van der Waals surface area contributed by atoms with Crippen molar-refractivity contribution in [2.24, 2.45) is 0 Å². The Bertz CT molecular complexity index is 614. The van der Waals surface area contributed by atoms with Crippen molar-refractivity contribution in [3.8, 4) is 0 Å². The van der Waals surface area contributed by atoms with Gasteiger partial charge >= 0.3 is 6.98 Å². The van der Waals surface area contributed by atoms with Gasteiger partial charge in [0.15, 0.2) is 0 Å². The summed E-state index contributed by atoms with van der Waals surface area (Å²) in [5.41, 5.74) is 8.12. The van der Waals surface area contributed by atoms with Crippen LogP contribution >= 0.6 is 0 Å². The Hall–Kier alpha value is -1.90. The lowest BCUT2D eigenvalue weighted by molar-refractivity contribution is 1.28. The summed E-state index contributed by atoms with van der Waals surface area (Å²) in [7, 11) is 4.37. The van der Waals surface area contributed by atoms with Crippen molar-refractivity contribution >= 4 is 23.8 Å². The number of anilines is 2. The van der Waals surface area contributed by atoms with Crippen LogP contribution in [-0.2, 0) is 0 Å². The second-order valence-electron chi connectivity index (χ2n) is 5.90. The van der Waals surface area contributed by atoms with Gasteiger partial charge in [-0.3, -0.25) is 0 Å². The number of aryl methyl sites for hydroxylation is 3. The highest BCUT2D eigenvalue weighted by atomic mass is 15.3. The first-order valence-electron chi connectivity index (χ1n) is 7.13. The molecule has 0 aromatic heterocycles. The van der Waals surface area contributed by atoms with Crippen LogP contribution in [0.25, 0.3) is 0 Å². The molecule has 1 aliphatic rings. The van der Waals surface area contributed by atoms with E-state index in [0.29, 0.717) is 0 Å². The Kier molecular flexibility index (Phi) is 3.00. The van der Waals surface area contributed by atoms with Gasteiger partial charge in [0.25, 0.3) is 0 Å². The Morgan fingerprint density at radius 3 is 1.70 bits per heavy atom. The maximum absolute atomic E-state index is 2.38. The van der Waals surface area contributed by atoms with E-state index in [4.69, 9.17) is 0 Å². The molecule has 0 radical (unpaired) electrons. The van der Waals surface area contributed by atoms with Crippen molar-refractivity contribution in [2.45, 2.75) is 20.8 Å². The third kappa shape index (κ3) is 1.81. The molecule has 0 saturated carbocycles. The molecular weight excluding hydrogens is 243 g/mol. The number of nitrogens with zero attached hydrogens (tertiary/aromatic N) is 2. The minimum Gasteiger partial charge on any atom is -0.393 e. The predicted octanol–water partition coefficient (Wildman–Crippen LogP) is 2.89. The molecule has 0 spiro atoms. The Morgan fingerprint density at radius 2 is 1.25 bits per heavy atom. The van der Waals surface area contributed by atoms with E-state index in [1.165, 1.54) is 33.5 Å². The van der Waals surface area contributed by atoms with Gasteiger partial charge in [-0.05, 0) is 52.5 Å². The summed E-state index contributed by atoms with van der Waals surface area (Å²) in [4.78, 5) is 4.75. The molecule has 0 saturated heterocycles. The quantitative estimate of drug-likeness (QED) is 0.731. The van der Waals surface area contributed by atoms with E-state index in [1.54, 1.807) is 0 Å². The highest BCUT2D eigenvalue weighted by molar-refractivity contribution is 6.82. The molecule has 1 heterocycles. The summed E-state index contributed by atoms with van der Waals surface area (Å²) >= 11 is 0. The van der Waals surface area contributed by atoms with Crippen LogP contribution in [0.1, 0.15) is 16.7 Å². The average Bonchev–Trinajstić information content (AvgIpc) is 2.64. The molecule has 2 aromatic rings. The van der Waals surface area contributed by atoms with Crippen molar-refractivity contribution in [3.05, 3.63) is 53.1 Å². The third-order valence-corrected chi connectivity index (χ3v) is 4.37. The lowest BCUT2D eigenvalue weighted by Crippen LogP contribution is -2.55. The third-order valence-electron chi connectivity index (χ3n) is 4.37. The number of hydrogen-bond donors (Lipinski definition) is 0. The zero-order valence-electron chi connectivity index (χ0n) is 12.9. The van der Waals surface area contributed by atoms with E-state index in [0.717, 1.165) is 0 Å². The van der Waals surface area contributed by atoms with Crippen molar-refractivity contribution in [3.63, 3.8) is 0 Å². The zero-order chi connectivity index (χ0) is 14.4. The van der Waals surface area contributed by atoms with E-state index in [9.17, 15) is 0 Å². The van der Waals surface area contributed by atoms with Gasteiger partial charge in [0.05, 0.1) is 0 Å². The van der Waals surface area contributed by atoms with Gasteiger partial charge < -0.3 is 9.62 Å². The number of benzene rings is 2. The molecule has 20 heavy (non-hydrogen) atoms. The van der Waals surface area contributed by atoms with Gasteiger partial charge in [0.1, 0.15) is 0 Å². The van der Waals surface area contributed by atoms with Crippen molar-refractivity contribution in [1.82, 2.24) is 0 Å². The van der Waals surface area contributed by atoms with Crippen molar-refractivity contribution < 1.29 is 0 Å².